The molecule has 0 bridgehead atoms. The van der Waals surface area contributed by atoms with Gasteiger partial charge in [-0.05, 0) is 17.7 Å². The van der Waals surface area contributed by atoms with Gasteiger partial charge >= 0.3 is 6.18 Å². The van der Waals surface area contributed by atoms with E-state index in [0.29, 0.717) is 5.56 Å². The first-order chi connectivity index (χ1) is 6.36. The molecular weight excluding hydrogens is 263 g/mol. The molecule has 0 heterocycles. The number of aliphatic hydroxyl groups excluding tert-OH is 1. The minimum absolute atomic E-state index is 0.158. The Balaban J connectivity index is 3.33. The molecule has 0 saturated heterocycles. The number of hydrogen-bond donors (Lipinski definition) is 2. The molecule has 0 atom stereocenters. The monoisotopic (exact) mass is 269 g/mol. The lowest BCUT2D eigenvalue weighted by atomic mass is 10.1. The summed E-state index contributed by atoms with van der Waals surface area (Å²) in [4.78, 5) is 0. The molecule has 1 aromatic carbocycles. The van der Waals surface area contributed by atoms with Crippen molar-refractivity contribution in [3.8, 4) is 0 Å². The summed E-state index contributed by atoms with van der Waals surface area (Å²) in [6.45, 7) is -0.346. The van der Waals surface area contributed by atoms with Crippen molar-refractivity contribution in [2.45, 2.75) is 12.8 Å². The molecule has 0 aromatic heterocycles. The van der Waals surface area contributed by atoms with Crippen LogP contribution in [0.4, 0.5) is 18.9 Å². The minimum atomic E-state index is -4.49. The van der Waals surface area contributed by atoms with E-state index in [1.54, 1.807) is 0 Å². The molecule has 0 fully saturated rings. The van der Waals surface area contributed by atoms with Crippen LogP contribution in [-0.2, 0) is 12.8 Å². The first kappa shape index (κ1) is 11.3. The smallest absolute Gasteiger partial charge is 0.398 e. The molecule has 0 unspecified atom stereocenters. The zero-order chi connectivity index (χ0) is 10.9. The van der Waals surface area contributed by atoms with Gasteiger partial charge in [0.05, 0.1) is 12.2 Å². The second kappa shape index (κ2) is 3.78. The molecule has 0 aliphatic carbocycles. The van der Waals surface area contributed by atoms with Crippen molar-refractivity contribution in [1.29, 1.82) is 0 Å². The summed E-state index contributed by atoms with van der Waals surface area (Å²) in [6.07, 6.45) is -4.49. The fourth-order valence-electron chi connectivity index (χ4n) is 1.08. The summed E-state index contributed by atoms with van der Waals surface area (Å²) >= 11 is 2.76. The van der Waals surface area contributed by atoms with Crippen molar-refractivity contribution in [1.82, 2.24) is 0 Å². The Morgan fingerprint density at radius 1 is 1.36 bits per heavy atom. The third-order valence-electron chi connectivity index (χ3n) is 1.65. The first-order valence-electron chi connectivity index (χ1n) is 3.62. The standard InChI is InChI=1S/C8H7BrF3NO/c9-5-1-4(3-14)2-6(13)7(5)8(10,11)12/h1-2,14H,3,13H2. The summed E-state index contributed by atoms with van der Waals surface area (Å²) in [5.41, 5.74) is 4.26. The lowest BCUT2D eigenvalue weighted by Crippen LogP contribution is -2.10. The van der Waals surface area contributed by atoms with E-state index < -0.39 is 17.4 Å². The third-order valence-corrected chi connectivity index (χ3v) is 2.27. The van der Waals surface area contributed by atoms with Crippen LogP contribution in [0.15, 0.2) is 16.6 Å². The number of anilines is 1. The number of aliphatic hydroxyl groups is 1. The summed E-state index contributed by atoms with van der Waals surface area (Å²) in [6, 6.07) is 2.30. The van der Waals surface area contributed by atoms with Crippen LogP contribution in [-0.4, -0.2) is 5.11 Å². The molecule has 1 aromatic rings. The zero-order valence-corrected chi connectivity index (χ0v) is 8.48. The molecule has 2 nitrogen and oxygen atoms in total. The largest absolute Gasteiger partial charge is 0.419 e. The van der Waals surface area contributed by atoms with E-state index in [4.69, 9.17) is 10.8 Å². The number of nitrogen functional groups attached to an aromatic ring is 1. The Morgan fingerprint density at radius 3 is 2.29 bits per heavy atom. The molecule has 6 heteroatoms. The maximum Gasteiger partial charge on any atom is 0.419 e. The van der Waals surface area contributed by atoms with Crippen LogP contribution in [0, 0.1) is 0 Å². The van der Waals surface area contributed by atoms with Crippen molar-refractivity contribution >= 4 is 21.6 Å². The molecule has 0 aliphatic rings. The molecule has 0 saturated carbocycles. The SMILES string of the molecule is Nc1cc(CO)cc(Br)c1C(F)(F)F. The second-order valence-electron chi connectivity index (χ2n) is 2.70. The molecule has 0 spiro atoms. The lowest BCUT2D eigenvalue weighted by molar-refractivity contribution is -0.137. The Hall–Kier alpha value is -0.750. The maximum absolute atomic E-state index is 12.4. The molecule has 1 rings (SSSR count). The number of nitrogens with two attached hydrogens (primary N) is 1. The highest BCUT2D eigenvalue weighted by atomic mass is 79.9. The minimum Gasteiger partial charge on any atom is -0.398 e. The predicted octanol–water partition coefficient (Wildman–Crippen LogP) is 2.54. The lowest BCUT2D eigenvalue weighted by Gasteiger charge is -2.13. The fraction of sp³-hybridized carbons (Fsp3) is 0.250. The number of alkyl halides is 3. The van der Waals surface area contributed by atoms with E-state index in [0.717, 1.165) is 6.07 Å². The molecule has 78 valence electrons. The van der Waals surface area contributed by atoms with Crippen LogP contribution in [0.3, 0.4) is 0 Å². The van der Waals surface area contributed by atoms with Gasteiger partial charge in [-0.2, -0.15) is 13.2 Å². The van der Waals surface area contributed by atoms with Gasteiger partial charge in [0.25, 0.3) is 0 Å². The molecule has 3 N–H and O–H groups in total. The van der Waals surface area contributed by atoms with Crippen LogP contribution in [0.2, 0.25) is 0 Å². The zero-order valence-electron chi connectivity index (χ0n) is 6.90. The number of benzene rings is 1. The third kappa shape index (κ3) is 2.19. The van der Waals surface area contributed by atoms with Gasteiger partial charge in [-0.25, -0.2) is 0 Å². The highest BCUT2D eigenvalue weighted by molar-refractivity contribution is 9.10. The average Bonchev–Trinajstić information content (AvgIpc) is 1.99. The van der Waals surface area contributed by atoms with E-state index in [1.807, 2.05) is 0 Å². The van der Waals surface area contributed by atoms with E-state index >= 15 is 0 Å². The topological polar surface area (TPSA) is 46.2 Å². The molecule has 0 radical (unpaired) electrons. The van der Waals surface area contributed by atoms with Crippen molar-refractivity contribution in [2.75, 3.05) is 5.73 Å². The van der Waals surface area contributed by atoms with Gasteiger partial charge < -0.3 is 10.8 Å². The van der Waals surface area contributed by atoms with E-state index in [9.17, 15) is 13.2 Å². The van der Waals surface area contributed by atoms with Crippen LogP contribution >= 0.6 is 15.9 Å². The van der Waals surface area contributed by atoms with E-state index in [1.165, 1.54) is 6.07 Å². The number of hydrogen-bond acceptors (Lipinski definition) is 2. The van der Waals surface area contributed by atoms with Gasteiger partial charge in [-0.1, -0.05) is 15.9 Å². The van der Waals surface area contributed by atoms with E-state index in [-0.39, 0.29) is 11.1 Å². The van der Waals surface area contributed by atoms with Gasteiger partial charge in [0.15, 0.2) is 0 Å². The van der Waals surface area contributed by atoms with Gasteiger partial charge in [0.2, 0.25) is 0 Å². The molecule has 0 amide bonds. The molecular formula is C8H7BrF3NO. The van der Waals surface area contributed by atoms with Crippen molar-refractivity contribution in [3.05, 3.63) is 27.7 Å². The van der Waals surface area contributed by atoms with Gasteiger partial charge in [-0.15, -0.1) is 0 Å². The van der Waals surface area contributed by atoms with E-state index in [2.05, 4.69) is 15.9 Å². The molecule has 14 heavy (non-hydrogen) atoms. The highest BCUT2D eigenvalue weighted by Crippen LogP contribution is 2.39. The summed E-state index contributed by atoms with van der Waals surface area (Å²) in [7, 11) is 0. The summed E-state index contributed by atoms with van der Waals surface area (Å²) in [5.74, 6) is 0. The maximum atomic E-state index is 12.4. The Bertz CT molecular complexity index is 328. The van der Waals surface area contributed by atoms with Crippen LogP contribution in [0.25, 0.3) is 0 Å². The Labute approximate surface area is 86.7 Å². The number of rotatable bonds is 1. The average molecular weight is 270 g/mol. The van der Waals surface area contributed by atoms with Crippen LogP contribution < -0.4 is 5.73 Å². The van der Waals surface area contributed by atoms with Gasteiger partial charge in [0, 0.05) is 10.2 Å². The van der Waals surface area contributed by atoms with Crippen molar-refractivity contribution < 1.29 is 18.3 Å². The van der Waals surface area contributed by atoms with Crippen LogP contribution in [0.1, 0.15) is 11.1 Å². The Morgan fingerprint density at radius 2 is 1.93 bits per heavy atom. The fourth-order valence-corrected chi connectivity index (χ4v) is 1.82. The van der Waals surface area contributed by atoms with Gasteiger partial charge in [0.1, 0.15) is 0 Å². The first-order valence-corrected chi connectivity index (χ1v) is 4.41. The number of halogens is 4. The molecule has 0 aliphatic heterocycles. The van der Waals surface area contributed by atoms with Gasteiger partial charge in [-0.3, -0.25) is 0 Å². The second-order valence-corrected chi connectivity index (χ2v) is 3.55. The highest BCUT2D eigenvalue weighted by Gasteiger charge is 2.35. The predicted molar refractivity (Wildman–Crippen MR) is 49.5 cm³/mol. The normalized spacial score (nSPS) is 11.8. The summed E-state index contributed by atoms with van der Waals surface area (Å²) < 4.78 is 37.0. The van der Waals surface area contributed by atoms with Crippen LogP contribution in [0.5, 0.6) is 0 Å². The Kier molecular flexibility index (Phi) is 3.06. The van der Waals surface area contributed by atoms with Crippen molar-refractivity contribution in [2.24, 2.45) is 0 Å². The summed E-state index contributed by atoms with van der Waals surface area (Å²) in [5, 5.41) is 8.72. The quantitative estimate of drug-likeness (QED) is 0.770. The van der Waals surface area contributed by atoms with Crippen molar-refractivity contribution in [3.63, 3.8) is 0 Å².